The van der Waals surface area contributed by atoms with Crippen molar-refractivity contribution in [2.45, 2.75) is 25.3 Å². The molecule has 0 bridgehead atoms. The van der Waals surface area contributed by atoms with Crippen molar-refractivity contribution < 1.29 is 14.4 Å². The van der Waals surface area contributed by atoms with E-state index in [4.69, 9.17) is 11.6 Å². The monoisotopic (exact) mass is 412 g/mol. The van der Waals surface area contributed by atoms with E-state index in [0.717, 1.165) is 12.8 Å². The van der Waals surface area contributed by atoms with Gasteiger partial charge in [0.25, 0.3) is 0 Å². The zero-order valence-electron chi connectivity index (χ0n) is 15.7. The molecule has 4 rings (SSSR count). The third-order valence-electron chi connectivity index (χ3n) is 4.92. The molecule has 1 atom stereocenters. The van der Waals surface area contributed by atoms with Crippen LogP contribution in [0.15, 0.2) is 48.5 Å². The zero-order chi connectivity index (χ0) is 20.4. The SMILES string of the molecule is O=C(Nc1cccc(NC(=O)[C@H]2CC(=O)N(c3cccc(Cl)c3)C2)c1)NC1CC1. The van der Waals surface area contributed by atoms with Gasteiger partial charge in [-0.1, -0.05) is 23.7 Å². The van der Waals surface area contributed by atoms with Crippen molar-refractivity contribution in [2.24, 2.45) is 5.92 Å². The Labute approximate surface area is 173 Å². The van der Waals surface area contributed by atoms with E-state index in [1.54, 1.807) is 53.4 Å². The van der Waals surface area contributed by atoms with Gasteiger partial charge in [-0.15, -0.1) is 0 Å². The van der Waals surface area contributed by atoms with Gasteiger partial charge in [-0.05, 0) is 49.2 Å². The van der Waals surface area contributed by atoms with Gasteiger partial charge in [0, 0.05) is 41.1 Å². The second-order valence-corrected chi connectivity index (χ2v) is 7.76. The lowest BCUT2D eigenvalue weighted by Crippen LogP contribution is -2.30. The molecule has 0 spiro atoms. The first-order chi connectivity index (χ1) is 14.0. The lowest BCUT2D eigenvalue weighted by molar-refractivity contribution is -0.122. The highest BCUT2D eigenvalue weighted by Crippen LogP contribution is 2.28. The minimum atomic E-state index is -0.462. The number of carbonyl (C=O) groups is 3. The summed E-state index contributed by atoms with van der Waals surface area (Å²) in [5.41, 5.74) is 1.84. The molecule has 150 valence electrons. The zero-order valence-corrected chi connectivity index (χ0v) is 16.4. The number of benzene rings is 2. The molecule has 4 amide bonds. The number of hydrogen-bond acceptors (Lipinski definition) is 3. The van der Waals surface area contributed by atoms with E-state index in [2.05, 4.69) is 16.0 Å². The summed E-state index contributed by atoms with van der Waals surface area (Å²) >= 11 is 6.01. The van der Waals surface area contributed by atoms with Crippen LogP contribution in [0.25, 0.3) is 0 Å². The van der Waals surface area contributed by atoms with E-state index < -0.39 is 5.92 Å². The van der Waals surface area contributed by atoms with Crippen molar-refractivity contribution in [1.82, 2.24) is 5.32 Å². The molecule has 2 aromatic rings. The molecule has 1 saturated heterocycles. The van der Waals surface area contributed by atoms with Crippen molar-refractivity contribution in [3.8, 4) is 0 Å². The fraction of sp³-hybridized carbons (Fsp3) is 0.286. The van der Waals surface area contributed by atoms with Crippen LogP contribution >= 0.6 is 11.6 Å². The van der Waals surface area contributed by atoms with Gasteiger partial charge in [0.1, 0.15) is 0 Å². The molecule has 1 aliphatic heterocycles. The molecule has 1 aliphatic carbocycles. The van der Waals surface area contributed by atoms with Crippen LogP contribution in [0.5, 0.6) is 0 Å². The van der Waals surface area contributed by atoms with E-state index in [-0.39, 0.29) is 30.3 Å². The van der Waals surface area contributed by atoms with E-state index in [1.807, 2.05) is 0 Å². The highest BCUT2D eigenvalue weighted by molar-refractivity contribution is 6.31. The molecule has 29 heavy (non-hydrogen) atoms. The first-order valence-electron chi connectivity index (χ1n) is 9.52. The molecule has 0 unspecified atom stereocenters. The van der Waals surface area contributed by atoms with Gasteiger partial charge in [-0.25, -0.2) is 4.79 Å². The third kappa shape index (κ3) is 4.86. The van der Waals surface area contributed by atoms with Crippen molar-refractivity contribution in [3.05, 3.63) is 53.6 Å². The third-order valence-corrected chi connectivity index (χ3v) is 5.15. The average Bonchev–Trinajstić information content (AvgIpc) is 3.40. The Morgan fingerprint density at radius 1 is 1.00 bits per heavy atom. The molecule has 2 aliphatic rings. The van der Waals surface area contributed by atoms with Gasteiger partial charge in [-0.3, -0.25) is 9.59 Å². The van der Waals surface area contributed by atoms with Gasteiger partial charge in [-0.2, -0.15) is 0 Å². The number of rotatable bonds is 5. The first kappa shape index (κ1) is 19.3. The lowest BCUT2D eigenvalue weighted by Gasteiger charge is -2.17. The minimum Gasteiger partial charge on any atom is -0.335 e. The van der Waals surface area contributed by atoms with Crippen LogP contribution in [0.2, 0.25) is 5.02 Å². The molecule has 1 heterocycles. The fourth-order valence-corrected chi connectivity index (χ4v) is 3.46. The maximum atomic E-state index is 12.7. The first-order valence-corrected chi connectivity index (χ1v) is 9.90. The Balaban J connectivity index is 1.37. The molecule has 2 aromatic carbocycles. The van der Waals surface area contributed by atoms with Crippen molar-refractivity contribution in [1.29, 1.82) is 0 Å². The topological polar surface area (TPSA) is 90.5 Å². The fourth-order valence-electron chi connectivity index (χ4n) is 3.28. The summed E-state index contributed by atoms with van der Waals surface area (Å²) in [5.74, 6) is -0.807. The second kappa shape index (κ2) is 8.13. The predicted octanol–water partition coefficient (Wildman–Crippen LogP) is 3.62. The Morgan fingerprint density at radius 3 is 2.45 bits per heavy atom. The largest absolute Gasteiger partial charge is 0.335 e. The number of nitrogens with zero attached hydrogens (tertiary/aromatic N) is 1. The minimum absolute atomic E-state index is 0.111. The summed E-state index contributed by atoms with van der Waals surface area (Å²) < 4.78 is 0. The van der Waals surface area contributed by atoms with Crippen LogP contribution in [-0.4, -0.2) is 30.4 Å². The number of urea groups is 1. The molecule has 3 N–H and O–H groups in total. The van der Waals surface area contributed by atoms with Crippen LogP contribution < -0.4 is 20.9 Å². The number of nitrogens with one attached hydrogen (secondary N) is 3. The van der Waals surface area contributed by atoms with Crippen LogP contribution in [0, 0.1) is 5.92 Å². The number of hydrogen-bond donors (Lipinski definition) is 3. The molecule has 0 radical (unpaired) electrons. The quantitative estimate of drug-likeness (QED) is 0.700. The molecular weight excluding hydrogens is 392 g/mol. The lowest BCUT2D eigenvalue weighted by atomic mass is 10.1. The van der Waals surface area contributed by atoms with E-state index in [0.29, 0.717) is 28.6 Å². The van der Waals surface area contributed by atoms with Gasteiger partial charge in [0.2, 0.25) is 11.8 Å². The maximum Gasteiger partial charge on any atom is 0.319 e. The van der Waals surface area contributed by atoms with Crippen LogP contribution in [-0.2, 0) is 9.59 Å². The van der Waals surface area contributed by atoms with Crippen LogP contribution in [0.1, 0.15) is 19.3 Å². The molecule has 1 saturated carbocycles. The molecular formula is C21H21ClN4O3. The summed E-state index contributed by atoms with van der Waals surface area (Å²) in [4.78, 5) is 38.5. The van der Waals surface area contributed by atoms with Gasteiger partial charge in [0.05, 0.1) is 5.92 Å². The van der Waals surface area contributed by atoms with Gasteiger partial charge < -0.3 is 20.9 Å². The number of amides is 4. The van der Waals surface area contributed by atoms with Crippen molar-refractivity contribution in [3.63, 3.8) is 0 Å². The van der Waals surface area contributed by atoms with Crippen molar-refractivity contribution in [2.75, 3.05) is 22.1 Å². The normalized spacial score (nSPS) is 18.4. The smallest absolute Gasteiger partial charge is 0.319 e. The Morgan fingerprint density at radius 2 is 1.72 bits per heavy atom. The highest BCUT2D eigenvalue weighted by Gasteiger charge is 2.35. The Bertz CT molecular complexity index is 960. The summed E-state index contributed by atoms with van der Waals surface area (Å²) in [7, 11) is 0. The summed E-state index contributed by atoms with van der Waals surface area (Å²) in [6.45, 7) is 0.298. The molecule has 2 fully saturated rings. The second-order valence-electron chi connectivity index (χ2n) is 7.33. The van der Waals surface area contributed by atoms with Crippen LogP contribution in [0.4, 0.5) is 21.9 Å². The highest BCUT2D eigenvalue weighted by atomic mass is 35.5. The standard InChI is InChI=1S/C21H21ClN4O3/c22-14-3-1-6-18(10-14)26-12-13(9-19(26)27)20(28)23-16-4-2-5-17(11-16)25-21(29)24-15-7-8-15/h1-6,10-11,13,15H,7-9,12H2,(H,23,28)(H2,24,25,29)/t13-/m0/s1. The Hall–Kier alpha value is -3.06. The summed E-state index contributed by atoms with van der Waals surface area (Å²) in [6.07, 6.45) is 2.16. The average molecular weight is 413 g/mol. The van der Waals surface area contributed by atoms with E-state index in [9.17, 15) is 14.4 Å². The number of halogens is 1. The molecule has 8 heteroatoms. The van der Waals surface area contributed by atoms with Gasteiger partial charge in [0.15, 0.2) is 0 Å². The van der Waals surface area contributed by atoms with E-state index >= 15 is 0 Å². The van der Waals surface area contributed by atoms with Crippen molar-refractivity contribution >= 4 is 46.5 Å². The maximum absolute atomic E-state index is 12.7. The summed E-state index contributed by atoms with van der Waals surface area (Å²) in [5, 5.41) is 8.99. The number of carbonyl (C=O) groups excluding carboxylic acids is 3. The predicted molar refractivity (Wildman–Crippen MR) is 112 cm³/mol. The Kier molecular flexibility index (Phi) is 5.40. The van der Waals surface area contributed by atoms with Gasteiger partial charge >= 0.3 is 6.03 Å². The number of anilines is 3. The van der Waals surface area contributed by atoms with Crippen LogP contribution in [0.3, 0.4) is 0 Å². The molecule has 7 nitrogen and oxygen atoms in total. The van der Waals surface area contributed by atoms with E-state index in [1.165, 1.54) is 0 Å². The summed E-state index contributed by atoms with van der Waals surface area (Å²) in [6, 6.07) is 14.0. The molecule has 0 aromatic heterocycles.